The summed E-state index contributed by atoms with van der Waals surface area (Å²) in [4.78, 5) is 23.7. The Balaban J connectivity index is 2.28. The summed E-state index contributed by atoms with van der Waals surface area (Å²) in [7, 11) is 1.48. The van der Waals surface area contributed by atoms with E-state index in [9.17, 15) is 9.59 Å². The Hall–Kier alpha value is -1.75. The van der Waals surface area contributed by atoms with Gasteiger partial charge in [0.2, 0.25) is 5.91 Å². The number of rotatable bonds is 3. The summed E-state index contributed by atoms with van der Waals surface area (Å²) >= 11 is 5.84. The fourth-order valence-electron chi connectivity index (χ4n) is 1.70. The number of methoxy groups -OCH3 is 1. The number of ether oxygens (including phenoxy) is 1. The summed E-state index contributed by atoms with van der Waals surface area (Å²) < 4.78 is 5.10. The predicted octanol–water partition coefficient (Wildman–Crippen LogP) is 1.40. The van der Waals surface area contributed by atoms with E-state index in [0.717, 1.165) is 0 Å². The Labute approximate surface area is 103 Å². The van der Waals surface area contributed by atoms with Crippen molar-refractivity contribution in [1.82, 2.24) is 0 Å². The van der Waals surface area contributed by atoms with Crippen molar-refractivity contribution in [2.75, 3.05) is 18.6 Å². The Morgan fingerprint density at radius 2 is 2.29 bits per heavy atom. The second-order valence-electron chi connectivity index (χ2n) is 3.66. The maximum Gasteiger partial charge on any atom is 0.317 e. The zero-order valence-electron chi connectivity index (χ0n) is 9.01. The van der Waals surface area contributed by atoms with E-state index in [1.54, 1.807) is 18.2 Å². The number of carboxylic acids is 1. The zero-order chi connectivity index (χ0) is 12.6. The minimum Gasteiger partial charge on any atom is -0.495 e. The van der Waals surface area contributed by atoms with Crippen LogP contribution in [-0.2, 0) is 9.59 Å². The third kappa shape index (κ3) is 1.93. The minimum atomic E-state index is -1.10. The molecule has 1 aliphatic heterocycles. The van der Waals surface area contributed by atoms with Crippen molar-refractivity contribution in [3.05, 3.63) is 23.2 Å². The van der Waals surface area contributed by atoms with Gasteiger partial charge in [0, 0.05) is 11.6 Å². The lowest BCUT2D eigenvalue weighted by Crippen LogP contribution is -2.56. The number of halogens is 1. The molecular weight excluding hydrogens is 246 g/mol. The first-order valence-electron chi connectivity index (χ1n) is 4.92. The first-order chi connectivity index (χ1) is 8.04. The molecule has 17 heavy (non-hydrogen) atoms. The summed E-state index contributed by atoms with van der Waals surface area (Å²) in [5.41, 5.74) is 0.502. The van der Waals surface area contributed by atoms with Crippen LogP contribution in [0.3, 0.4) is 0 Å². The molecule has 6 heteroatoms. The summed E-state index contributed by atoms with van der Waals surface area (Å²) in [6.45, 7) is 0.144. The van der Waals surface area contributed by atoms with E-state index < -0.39 is 17.8 Å². The molecule has 90 valence electrons. The molecule has 1 fully saturated rings. The van der Waals surface area contributed by atoms with Crippen LogP contribution in [0.5, 0.6) is 5.75 Å². The Kier molecular flexibility index (Phi) is 2.93. The molecule has 5 nitrogen and oxygen atoms in total. The van der Waals surface area contributed by atoms with Crippen molar-refractivity contribution in [3.8, 4) is 5.75 Å². The summed E-state index contributed by atoms with van der Waals surface area (Å²) in [5, 5.41) is 9.21. The fraction of sp³-hybridized carbons (Fsp3) is 0.273. The largest absolute Gasteiger partial charge is 0.495 e. The zero-order valence-corrected chi connectivity index (χ0v) is 9.77. The van der Waals surface area contributed by atoms with Gasteiger partial charge in [0.1, 0.15) is 5.75 Å². The van der Waals surface area contributed by atoms with E-state index in [0.29, 0.717) is 16.5 Å². The van der Waals surface area contributed by atoms with Crippen LogP contribution in [0.25, 0.3) is 0 Å². The van der Waals surface area contributed by atoms with Crippen LogP contribution in [0.2, 0.25) is 5.02 Å². The van der Waals surface area contributed by atoms with Gasteiger partial charge in [-0.2, -0.15) is 0 Å². The van der Waals surface area contributed by atoms with Crippen LogP contribution < -0.4 is 9.64 Å². The van der Waals surface area contributed by atoms with Crippen LogP contribution in [0.15, 0.2) is 18.2 Å². The van der Waals surface area contributed by atoms with Crippen molar-refractivity contribution in [3.63, 3.8) is 0 Å². The number of aliphatic carboxylic acids is 1. The monoisotopic (exact) mass is 255 g/mol. The van der Waals surface area contributed by atoms with Crippen molar-refractivity contribution in [1.29, 1.82) is 0 Å². The number of carbonyl (C=O) groups excluding carboxylic acids is 1. The second-order valence-corrected chi connectivity index (χ2v) is 4.09. The molecular formula is C11H10ClNO4. The van der Waals surface area contributed by atoms with Crippen molar-refractivity contribution in [2.24, 2.45) is 5.92 Å². The van der Waals surface area contributed by atoms with Gasteiger partial charge in [-0.25, -0.2) is 0 Å². The molecule has 2 rings (SSSR count). The number of hydrogen-bond acceptors (Lipinski definition) is 3. The highest BCUT2D eigenvalue weighted by molar-refractivity contribution is 6.31. The van der Waals surface area contributed by atoms with E-state index in [-0.39, 0.29) is 6.54 Å². The lowest BCUT2D eigenvalue weighted by molar-refractivity contribution is -0.149. The lowest BCUT2D eigenvalue weighted by Gasteiger charge is -2.36. The highest BCUT2D eigenvalue weighted by Gasteiger charge is 2.43. The molecule has 1 unspecified atom stereocenters. The molecule has 1 aromatic carbocycles. The van der Waals surface area contributed by atoms with Crippen LogP contribution in [-0.4, -0.2) is 30.6 Å². The Bertz CT molecular complexity index is 488. The van der Waals surface area contributed by atoms with Gasteiger partial charge in [0.15, 0.2) is 5.92 Å². The lowest BCUT2D eigenvalue weighted by atomic mass is 9.98. The average molecular weight is 256 g/mol. The minimum absolute atomic E-state index is 0.144. The van der Waals surface area contributed by atoms with Gasteiger partial charge < -0.3 is 14.7 Å². The SMILES string of the molecule is COc1ccc(Cl)cc1N1CC(C(=O)O)C1=O. The third-order valence-electron chi connectivity index (χ3n) is 2.66. The normalized spacial score (nSPS) is 18.8. The highest BCUT2D eigenvalue weighted by atomic mass is 35.5. The topological polar surface area (TPSA) is 66.8 Å². The van der Waals surface area contributed by atoms with Crippen LogP contribution in [0, 0.1) is 5.92 Å². The molecule has 1 aliphatic rings. The van der Waals surface area contributed by atoms with Crippen molar-refractivity contribution >= 4 is 29.2 Å². The molecule has 0 spiro atoms. The maximum absolute atomic E-state index is 11.6. The maximum atomic E-state index is 11.6. The van der Waals surface area contributed by atoms with Crippen molar-refractivity contribution < 1.29 is 19.4 Å². The Morgan fingerprint density at radius 1 is 1.59 bits per heavy atom. The number of benzene rings is 1. The van der Waals surface area contributed by atoms with Crippen molar-refractivity contribution in [2.45, 2.75) is 0 Å². The first kappa shape index (κ1) is 11.7. The van der Waals surface area contributed by atoms with Crippen LogP contribution in [0.4, 0.5) is 5.69 Å². The highest BCUT2D eigenvalue weighted by Crippen LogP contribution is 2.36. The molecule has 1 saturated heterocycles. The van der Waals surface area contributed by atoms with E-state index >= 15 is 0 Å². The second kappa shape index (κ2) is 4.25. The van der Waals surface area contributed by atoms with E-state index in [1.807, 2.05) is 0 Å². The average Bonchev–Trinajstić information content (AvgIpc) is 2.27. The van der Waals surface area contributed by atoms with Gasteiger partial charge in [-0.3, -0.25) is 9.59 Å². The van der Waals surface area contributed by atoms with E-state index in [4.69, 9.17) is 21.4 Å². The van der Waals surface area contributed by atoms with Gasteiger partial charge >= 0.3 is 5.97 Å². The van der Waals surface area contributed by atoms with Crippen LogP contribution in [0.1, 0.15) is 0 Å². The summed E-state index contributed by atoms with van der Waals surface area (Å²) in [6, 6.07) is 4.86. The third-order valence-corrected chi connectivity index (χ3v) is 2.89. The fourth-order valence-corrected chi connectivity index (χ4v) is 1.87. The summed E-state index contributed by atoms with van der Waals surface area (Å²) in [5.74, 6) is -2.02. The molecule has 0 radical (unpaired) electrons. The number of carbonyl (C=O) groups is 2. The van der Waals surface area contributed by atoms with Gasteiger partial charge in [-0.1, -0.05) is 11.6 Å². The molecule has 1 heterocycles. The number of hydrogen-bond donors (Lipinski definition) is 1. The number of anilines is 1. The van der Waals surface area contributed by atoms with Crippen LogP contribution >= 0.6 is 11.6 Å². The van der Waals surface area contributed by atoms with Gasteiger partial charge in [-0.05, 0) is 18.2 Å². The first-order valence-corrected chi connectivity index (χ1v) is 5.30. The number of nitrogens with zero attached hydrogens (tertiary/aromatic N) is 1. The molecule has 1 aromatic rings. The van der Waals surface area contributed by atoms with Gasteiger partial charge in [0.25, 0.3) is 0 Å². The molecule has 0 bridgehead atoms. The number of β-lactam (4-membered cyclic amide) rings is 1. The molecule has 0 aromatic heterocycles. The standard InChI is InChI=1S/C11H10ClNO4/c1-17-9-3-2-6(12)4-8(9)13-5-7(10(13)14)11(15)16/h2-4,7H,5H2,1H3,(H,15,16). The summed E-state index contributed by atoms with van der Waals surface area (Å²) in [6.07, 6.45) is 0. The smallest absolute Gasteiger partial charge is 0.317 e. The molecule has 1 atom stereocenters. The van der Waals surface area contributed by atoms with E-state index in [1.165, 1.54) is 12.0 Å². The van der Waals surface area contributed by atoms with E-state index in [2.05, 4.69) is 0 Å². The Morgan fingerprint density at radius 3 is 2.82 bits per heavy atom. The van der Waals surface area contributed by atoms with Gasteiger partial charge in [0.05, 0.1) is 12.8 Å². The molecule has 1 amide bonds. The molecule has 1 N–H and O–H groups in total. The molecule has 0 aliphatic carbocycles. The number of amides is 1. The quantitative estimate of drug-likeness (QED) is 0.655. The predicted molar refractivity (Wildman–Crippen MR) is 61.5 cm³/mol. The number of carboxylic acid groups (broad SMARTS) is 1. The van der Waals surface area contributed by atoms with Gasteiger partial charge in [-0.15, -0.1) is 0 Å². The molecule has 0 saturated carbocycles.